The number of rotatable bonds is 5. The van der Waals surface area contributed by atoms with Crippen LogP contribution >= 0.6 is 0 Å². The Morgan fingerprint density at radius 3 is 2.35 bits per heavy atom. The Kier molecular flexibility index (Phi) is 5.10. The first-order valence-electron chi connectivity index (χ1n) is 6.24. The van der Waals surface area contributed by atoms with Gasteiger partial charge < -0.3 is 0 Å². The fourth-order valence-corrected chi connectivity index (χ4v) is 3.46. The number of carbonyl (C=O) groups is 2. The molecule has 0 atom stereocenters. The van der Waals surface area contributed by atoms with Crippen molar-refractivity contribution < 1.29 is 9.59 Å². The molecule has 3 nitrogen and oxygen atoms in total. The second-order valence-electron chi connectivity index (χ2n) is 4.31. The van der Waals surface area contributed by atoms with E-state index in [1.54, 1.807) is 13.0 Å². The molecule has 1 amide bonds. The molecule has 20 heavy (non-hydrogen) atoms. The van der Waals surface area contributed by atoms with Crippen molar-refractivity contribution in [1.82, 2.24) is 0 Å². The molecule has 0 aliphatic rings. The Balaban J connectivity index is 2.15. The van der Waals surface area contributed by atoms with Gasteiger partial charge in [-0.05, 0) is 0 Å². The zero-order chi connectivity index (χ0) is 14.4. The molecule has 0 bridgehead atoms. The molecule has 0 radical (unpaired) electrons. The quantitative estimate of drug-likeness (QED) is 0.854. The molecule has 0 saturated heterocycles. The average molecular weight is 332 g/mol. The van der Waals surface area contributed by atoms with E-state index in [0.717, 1.165) is 10.1 Å². The van der Waals surface area contributed by atoms with Gasteiger partial charge in [0.1, 0.15) is 0 Å². The number of hydrogen-bond acceptors (Lipinski definition) is 2. The summed E-state index contributed by atoms with van der Waals surface area (Å²) in [6.45, 7) is 1.58. The van der Waals surface area contributed by atoms with Crippen LogP contribution in [0.5, 0.6) is 0 Å². The summed E-state index contributed by atoms with van der Waals surface area (Å²) in [6.07, 6.45) is 0. The van der Waals surface area contributed by atoms with Gasteiger partial charge in [0.2, 0.25) is 0 Å². The van der Waals surface area contributed by atoms with Crippen molar-refractivity contribution in [3.8, 4) is 0 Å². The van der Waals surface area contributed by atoms with Crippen molar-refractivity contribution in [3.05, 3.63) is 60.2 Å². The molecule has 0 spiro atoms. The third-order valence-corrected chi connectivity index (χ3v) is 5.15. The van der Waals surface area contributed by atoms with Crippen molar-refractivity contribution in [2.24, 2.45) is 0 Å². The number of benzene rings is 2. The molecule has 2 rings (SSSR count). The number of ketones is 1. The molecule has 0 aliphatic carbocycles. The molecular formula is C16H15NO2Se. The SMILES string of the molecule is CC(=O)C[Se]c1ccccc1C(=O)Nc1ccccc1. The van der Waals surface area contributed by atoms with Crippen LogP contribution in [-0.2, 0) is 4.79 Å². The van der Waals surface area contributed by atoms with Crippen molar-refractivity contribution in [2.75, 3.05) is 5.32 Å². The summed E-state index contributed by atoms with van der Waals surface area (Å²) in [6, 6.07) is 16.8. The number of amides is 1. The first kappa shape index (κ1) is 14.5. The van der Waals surface area contributed by atoms with Crippen molar-refractivity contribution in [2.45, 2.75) is 12.2 Å². The maximum atomic E-state index is 12.3. The number of Topliss-reactive ketones (excluding diaryl/α,β-unsaturated/α-hetero) is 1. The van der Waals surface area contributed by atoms with Gasteiger partial charge in [-0.3, -0.25) is 0 Å². The fourth-order valence-electron chi connectivity index (χ4n) is 1.68. The molecule has 0 saturated carbocycles. The standard InChI is InChI=1S/C16H15NO2Se/c1-12(18)11-20-15-10-6-5-9-14(15)16(19)17-13-7-3-2-4-8-13/h2-10H,11H2,1H3,(H,17,19). The van der Waals surface area contributed by atoms with E-state index in [-0.39, 0.29) is 26.6 Å². The van der Waals surface area contributed by atoms with Gasteiger partial charge in [-0.1, -0.05) is 0 Å². The first-order chi connectivity index (χ1) is 9.66. The van der Waals surface area contributed by atoms with Crippen LogP contribution in [0.15, 0.2) is 54.6 Å². The Morgan fingerprint density at radius 1 is 1.00 bits per heavy atom. The van der Waals surface area contributed by atoms with Crippen LogP contribution in [0, 0.1) is 0 Å². The summed E-state index contributed by atoms with van der Waals surface area (Å²) in [5.74, 6) is 0.0282. The monoisotopic (exact) mass is 333 g/mol. The van der Waals surface area contributed by atoms with Crippen molar-refractivity contribution >= 4 is 36.8 Å². The molecule has 0 unspecified atom stereocenters. The normalized spacial score (nSPS) is 10.1. The Hall–Kier alpha value is -1.90. The van der Waals surface area contributed by atoms with E-state index in [4.69, 9.17) is 0 Å². The van der Waals surface area contributed by atoms with Crippen LogP contribution < -0.4 is 9.78 Å². The van der Waals surface area contributed by atoms with E-state index in [0.29, 0.717) is 10.9 Å². The van der Waals surface area contributed by atoms with Gasteiger partial charge in [0.15, 0.2) is 0 Å². The van der Waals surface area contributed by atoms with Crippen LogP contribution in [-0.4, -0.2) is 26.6 Å². The summed E-state index contributed by atoms with van der Waals surface area (Å²) in [4.78, 5) is 23.4. The van der Waals surface area contributed by atoms with E-state index >= 15 is 0 Å². The maximum absolute atomic E-state index is 12.3. The topological polar surface area (TPSA) is 46.2 Å². The molecule has 0 fully saturated rings. The summed E-state index contributed by atoms with van der Waals surface area (Å²) >= 11 is -0.00352. The first-order valence-corrected chi connectivity index (χ1v) is 8.31. The summed E-state index contributed by atoms with van der Waals surface area (Å²) in [5, 5.41) is 3.39. The van der Waals surface area contributed by atoms with E-state index in [1.807, 2.05) is 48.5 Å². The molecular weight excluding hydrogens is 317 g/mol. The van der Waals surface area contributed by atoms with Gasteiger partial charge in [0, 0.05) is 0 Å². The summed E-state index contributed by atoms with van der Waals surface area (Å²) < 4.78 is 0.962. The van der Waals surface area contributed by atoms with Gasteiger partial charge >= 0.3 is 124 Å². The molecule has 2 aromatic rings. The average Bonchev–Trinajstić information content (AvgIpc) is 2.46. The van der Waals surface area contributed by atoms with E-state index in [2.05, 4.69) is 5.32 Å². The minimum atomic E-state index is -0.128. The zero-order valence-electron chi connectivity index (χ0n) is 11.1. The van der Waals surface area contributed by atoms with E-state index < -0.39 is 0 Å². The Bertz CT molecular complexity index is 611. The Labute approximate surface area is 124 Å². The molecule has 1 N–H and O–H groups in total. The fraction of sp³-hybridized carbons (Fsp3) is 0.125. The van der Waals surface area contributed by atoms with Crippen LogP contribution in [0.4, 0.5) is 5.69 Å². The minimum absolute atomic E-state index is 0.00352. The molecule has 102 valence electrons. The molecule has 0 aliphatic heterocycles. The van der Waals surface area contributed by atoms with Crippen LogP contribution in [0.3, 0.4) is 0 Å². The van der Waals surface area contributed by atoms with Gasteiger partial charge in [0.25, 0.3) is 0 Å². The molecule has 4 heteroatoms. The predicted molar refractivity (Wildman–Crippen MR) is 81.7 cm³/mol. The van der Waals surface area contributed by atoms with Gasteiger partial charge in [-0.25, -0.2) is 0 Å². The van der Waals surface area contributed by atoms with Gasteiger partial charge in [-0.2, -0.15) is 0 Å². The van der Waals surface area contributed by atoms with Crippen LogP contribution in [0.2, 0.25) is 5.32 Å². The second kappa shape index (κ2) is 7.04. The van der Waals surface area contributed by atoms with E-state index in [1.165, 1.54) is 0 Å². The molecule has 0 heterocycles. The zero-order valence-corrected chi connectivity index (χ0v) is 12.8. The van der Waals surface area contributed by atoms with Crippen LogP contribution in [0.25, 0.3) is 0 Å². The Morgan fingerprint density at radius 2 is 1.65 bits per heavy atom. The number of anilines is 1. The number of nitrogens with one attached hydrogen (secondary N) is 1. The number of para-hydroxylation sites is 1. The third-order valence-electron chi connectivity index (χ3n) is 2.59. The van der Waals surface area contributed by atoms with Gasteiger partial charge in [-0.15, -0.1) is 0 Å². The van der Waals surface area contributed by atoms with E-state index in [9.17, 15) is 9.59 Å². The van der Waals surface area contributed by atoms with Crippen molar-refractivity contribution in [1.29, 1.82) is 0 Å². The summed E-state index contributed by atoms with van der Waals surface area (Å²) in [7, 11) is 0. The predicted octanol–water partition coefficient (Wildman–Crippen LogP) is 2.28. The van der Waals surface area contributed by atoms with Crippen molar-refractivity contribution in [3.63, 3.8) is 0 Å². The van der Waals surface area contributed by atoms with Gasteiger partial charge in [0.05, 0.1) is 0 Å². The third kappa shape index (κ3) is 4.05. The second-order valence-corrected chi connectivity index (χ2v) is 6.44. The summed E-state index contributed by atoms with van der Waals surface area (Å²) in [5.41, 5.74) is 1.42. The molecule has 0 aromatic heterocycles. The van der Waals surface area contributed by atoms with Crippen LogP contribution in [0.1, 0.15) is 17.3 Å². The number of carbonyl (C=O) groups excluding carboxylic acids is 2. The number of hydrogen-bond donors (Lipinski definition) is 1. The molecule has 2 aromatic carbocycles.